The van der Waals surface area contributed by atoms with Crippen molar-refractivity contribution in [3.63, 3.8) is 0 Å². The van der Waals surface area contributed by atoms with Crippen molar-refractivity contribution in [2.45, 2.75) is 6.92 Å². The summed E-state index contributed by atoms with van der Waals surface area (Å²) in [7, 11) is 0. The number of ether oxygens (including phenoxy) is 2. The van der Waals surface area contributed by atoms with Crippen molar-refractivity contribution >= 4 is 28.3 Å². The van der Waals surface area contributed by atoms with Crippen molar-refractivity contribution < 1.29 is 14.3 Å². The van der Waals surface area contributed by atoms with E-state index in [-0.39, 0.29) is 5.78 Å². The first-order chi connectivity index (χ1) is 11.6. The average molecular weight is 340 g/mol. The minimum atomic E-state index is -0.149. The Bertz CT molecular complexity index is 951. The van der Waals surface area contributed by atoms with Crippen LogP contribution >= 0.6 is 11.6 Å². The van der Waals surface area contributed by atoms with Crippen molar-refractivity contribution in [1.82, 2.24) is 4.98 Å². The van der Waals surface area contributed by atoms with Crippen LogP contribution in [-0.2, 0) is 0 Å². The number of aromatic nitrogens is 1. The maximum Gasteiger partial charge on any atom is 0.196 e. The summed E-state index contributed by atoms with van der Waals surface area (Å²) in [6.45, 7) is 2.98. The summed E-state index contributed by atoms with van der Waals surface area (Å²) < 4.78 is 11.1. The predicted molar refractivity (Wildman–Crippen MR) is 92.4 cm³/mol. The highest BCUT2D eigenvalue weighted by Gasteiger charge is 2.19. The predicted octanol–water partition coefficient (Wildman–Crippen LogP) is 4.20. The SMILES string of the molecule is Cc1ccc(C(=O)c2cnc3cc4c(cc3c2Cl)OCCO4)cc1. The molecule has 0 saturated heterocycles. The molecule has 4 nitrogen and oxygen atoms in total. The third-order valence-electron chi connectivity index (χ3n) is 4.02. The van der Waals surface area contributed by atoms with E-state index in [1.165, 1.54) is 6.20 Å². The monoisotopic (exact) mass is 339 g/mol. The topological polar surface area (TPSA) is 48.4 Å². The zero-order chi connectivity index (χ0) is 16.7. The number of hydrogen-bond donors (Lipinski definition) is 0. The van der Waals surface area contributed by atoms with Crippen molar-refractivity contribution in [2.24, 2.45) is 0 Å². The first-order valence-electron chi connectivity index (χ1n) is 7.63. The minimum absolute atomic E-state index is 0.149. The number of carbonyl (C=O) groups is 1. The molecule has 24 heavy (non-hydrogen) atoms. The summed E-state index contributed by atoms with van der Waals surface area (Å²) in [4.78, 5) is 17.1. The van der Waals surface area contributed by atoms with E-state index in [0.29, 0.717) is 51.8 Å². The van der Waals surface area contributed by atoms with Gasteiger partial charge in [-0.05, 0) is 13.0 Å². The molecule has 0 N–H and O–H groups in total. The molecular formula is C19H14ClNO3. The Balaban J connectivity index is 1.83. The molecule has 1 aromatic heterocycles. The molecule has 1 aliphatic rings. The van der Waals surface area contributed by atoms with E-state index in [1.807, 2.05) is 19.1 Å². The molecule has 0 spiro atoms. The molecule has 2 heterocycles. The summed E-state index contributed by atoms with van der Waals surface area (Å²) >= 11 is 6.50. The Labute approximate surface area is 144 Å². The minimum Gasteiger partial charge on any atom is -0.486 e. The first-order valence-corrected chi connectivity index (χ1v) is 8.00. The fourth-order valence-electron chi connectivity index (χ4n) is 2.72. The third-order valence-corrected chi connectivity index (χ3v) is 4.43. The quantitative estimate of drug-likeness (QED) is 0.656. The maximum absolute atomic E-state index is 12.7. The molecule has 0 radical (unpaired) electrons. The Morgan fingerprint density at radius 3 is 2.46 bits per heavy atom. The summed E-state index contributed by atoms with van der Waals surface area (Å²) in [5.74, 6) is 1.12. The second-order valence-electron chi connectivity index (χ2n) is 5.69. The number of pyridine rings is 1. The summed E-state index contributed by atoms with van der Waals surface area (Å²) in [5, 5.41) is 1.06. The van der Waals surface area contributed by atoms with Crippen molar-refractivity contribution in [3.8, 4) is 11.5 Å². The molecule has 2 aromatic carbocycles. The third kappa shape index (κ3) is 2.49. The lowest BCUT2D eigenvalue weighted by atomic mass is 10.0. The van der Waals surface area contributed by atoms with Gasteiger partial charge < -0.3 is 9.47 Å². The van der Waals surface area contributed by atoms with Crippen molar-refractivity contribution in [3.05, 3.63) is 64.3 Å². The highest BCUT2D eigenvalue weighted by molar-refractivity contribution is 6.39. The molecule has 4 rings (SSSR count). The Morgan fingerprint density at radius 1 is 1.08 bits per heavy atom. The fourth-order valence-corrected chi connectivity index (χ4v) is 3.00. The lowest BCUT2D eigenvalue weighted by Gasteiger charge is -2.19. The van der Waals surface area contributed by atoms with Crippen LogP contribution in [-0.4, -0.2) is 24.0 Å². The van der Waals surface area contributed by atoms with E-state index >= 15 is 0 Å². The number of carbonyl (C=O) groups excluding carboxylic acids is 1. The highest BCUT2D eigenvalue weighted by atomic mass is 35.5. The van der Waals surface area contributed by atoms with Gasteiger partial charge >= 0.3 is 0 Å². The molecular weight excluding hydrogens is 326 g/mol. The molecule has 0 bridgehead atoms. The molecule has 0 fully saturated rings. The zero-order valence-electron chi connectivity index (χ0n) is 13.0. The van der Waals surface area contributed by atoms with Crippen LogP contribution in [0.15, 0.2) is 42.6 Å². The fraction of sp³-hybridized carbons (Fsp3) is 0.158. The number of halogens is 1. The molecule has 0 saturated carbocycles. The van der Waals surface area contributed by atoms with E-state index in [4.69, 9.17) is 21.1 Å². The number of hydrogen-bond acceptors (Lipinski definition) is 4. The Morgan fingerprint density at radius 2 is 1.75 bits per heavy atom. The molecule has 3 aromatic rings. The van der Waals surface area contributed by atoms with Gasteiger partial charge in [-0.15, -0.1) is 0 Å². The van der Waals surface area contributed by atoms with Crippen molar-refractivity contribution in [2.75, 3.05) is 13.2 Å². The summed E-state index contributed by atoms with van der Waals surface area (Å²) in [6.07, 6.45) is 1.52. The normalized spacial score (nSPS) is 13.1. The number of fused-ring (bicyclic) bond motifs is 2. The van der Waals surface area contributed by atoms with Gasteiger partial charge in [0.05, 0.1) is 16.1 Å². The number of ketones is 1. The lowest BCUT2D eigenvalue weighted by molar-refractivity contribution is 0.103. The van der Waals surface area contributed by atoms with Gasteiger partial charge in [0.1, 0.15) is 13.2 Å². The van der Waals surface area contributed by atoms with Crippen LogP contribution in [0.2, 0.25) is 5.02 Å². The van der Waals surface area contributed by atoms with E-state index in [9.17, 15) is 4.79 Å². The second kappa shape index (κ2) is 5.80. The first kappa shape index (κ1) is 15.0. The number of aryl methyl sites for hydroxylation is 1. The van der Waals surface area contributed by atoms with Gasteiger partial charge in [-0.3, -0.25) is 9.78 Å². The van der Waals surface area contributed by atoms with Gasteiger partial charge in [0.15, 0.2) is 17.3 Å². The maximum atomic E-state index is 12.7. The van der Waals surface area contributed by atoms with Crippen LogP contribution < -0.4 is 9.47 Å². The highest BCUT2D eigenvalue weighted by Crippen LogP contribution is 2.37. The number of benzene rings is 2. The molecule has 0 unspecified atom stereocenters. The van der Waals surface area contributed by atoms with Gasteiger partial charge in [0.25, 0.3) is 0 Å². The zero-order valence-corrected chi connectivity index (χ0v) is 13.8. The smallest absolute Gasteiger partial charge is 0.196 e. The second-order valence-corrected chi connectivity index (χ2v) is 6.07. The van der Waals surface area contributed by atoms with Gasteiger partial charge in [-0.2, -0.15) is 0 Å². The van der Waals surface area contributed by atoms with Crippen LogP contribution in [0.3, 0.4) is 0 Å². The van der Waals surface area contributed by atoms with Crippen LogP contribution in [0.1, 0.15) is 21.5 Å². The molecule has 0 aliphatic carbocycles. The Kier molecular flexibility index (Phi) is 3.62. The van der Waals surface area contributed by atoms with Crippen LogP contribution in [0.4, 0.5) is 0 Å². The van der Waals surface area contributed by atoms with E-state index in [1.54, 1.807) is 24.3 Å². The average Bonchev–Trinajstić information content (AvgIpc) is 2.61. The molecule has 1 aliphatic heterocycles. The lowest BCUT2D eigenvalue weighted by Crippen LogP contribution is -2.15. The Hall–Kier alpha value is -2.59. The van der Waals surface area contributed by atoms with Gasteiger partial charge in [-0.1, -0.05) is 41.4 Å². The van der Waals surface area contributed by atoms with Gasteiger partial charge in [0, 0.05) is 23.2 Å². The van der Waals surface area contributed by atoms with Gasteiger partial charge in [-0.25, -0.2) is 0 Å². The molecule has 120 valence electrons. The molecule has 5 heteroatoms. The van der Waals surface area contributed by atoms with E-state index in [2.05, 4.69) is 4.98 Å². The van der Waals surface area contributed by atoms with Crippen molar-refractivity contribution in [1.29, 1.82) is 0 Å². The largest absolute Gasteiger partial charge is 0.486 e. The van der Waals surface area contributed by atoms with Crippen LogP contribution in [0, 0.1) is 6.92 Å². The number of nitrogens with zero attached hydrogens (tertiary/aromatic N) is 1. The van der Waals surface area contributed by atoms with Crippen LogP contribution in [0.25, 0.3) is 10.9 Å². The van der Waals surface area contributed by atoms with E-state index < -0.39 is 0 Å². The van der Waals surface area contributed by atoms with E-state index in [0.717, 1.165) is 5.56 Å². The van der Waals surface area contributed by atoms with Gasteiger partial charge in [0.2, 0.25) is 0 Å². The summed E-state index contributed by atoms with van der Waals surface area (Å²) in [5.41, 5.74) is 2.73. The molecule has 0 amide bonds. The number of rotatable bonds is 2. The van der Waals surface area contributed by atoms with Crippen LogP contribution in [0.5, 0.6) is 11.5 Å². The summed E-state index contributed by atoms with van der Waals surface area (Å²) in [6, 6.07) is 11.0. The molecule has 0 atom stereocenters. The standard InChI is InChI=1S/C19H14ClNO3/c1-11-2-4-12(5-3-11)19(22)14-10-21-15-9-17-16(23-6-7-24-17)8-13(15)18(14)20/h2-5,8-10H,6-7H2,1H3.